The lowest BCUT2D eigenvalue weighted by atomic mass is 10.2. The predicted molar refractivity (Wildman–Crippen MR) is 98.1 cm³/mol. The van der Waals surface area contributed by atoms with Gasteiger partial charge in [0, 0.05) is 23.2 Å². The van der Waals surface area contributed by atoms with Crippen molar-refractivity contribution in [3.63, 3.8) is 0 Å². The fraction of sp³-hybridized carbons (Fsp3) is 0.167. The zero-order valence-corrected chi connectivity index (χ0v) is 15.6. The number of nitrogens with one attached hydrogen (secondary N) is 2. The van der Waals surface area contributed by atoms with Crippen LogP contribution in [0.4, 0.5) is 5.69 Å². The van der Waals surface area contributed by atoms with E-state index in [9.17, 15) is 9.59 Å². The first kappa shape index (κ1) is 18.5. The number of carbonyl (C=O) groups excluding carboxylic acids is 1. The van der Waals surface area contributed by atoms with Crippen LogP contribution in [0.15, 0.2) is 45.7 Å². The van der Waals surface area contributed by atoms with Crippen molar-refractivity contribution in [1.29, 1.82) is 0 Å². The van der Waals surface area contributed by atoms with Crippen molar-refractivity contribution in [3.8, 4) is 17.2 Å². The lowest BCUT2D eigenvalue weighted by Crippen LogP contribution is -2.42. The standard InChI is InChI=1S/C18H16ClN3O5/c1-10-8-14(15(26-3)9-13(10)19)20-17(23)16-18(24)27-21-22(16)11-4-6-12(25-2)7-5-11/h4-9H,1-3H3,(H-,20,21,23,24)/p+1. The number of benzene rings is 2. The molecule has 0 fully saturated rings. The first-order valence-electron chi connectivity index (χ1n) is 7.88. The molecule has 0 atom stereocenters. The summed E-state index contributed by atoms with van der Waals surface area (Å²) in [5.41, 5.74) is 0.608. The van der Waals surface area contributed by atoms with E-state index in [2.05, 4.69) is 10.6 Å². The van der Waals surface area contributed by atoms with E-state index >= 15 is 0 Å². The van der Waals surface area contributed by atoms with Gasteiger partial charge in [-0.2, -0.15) is 0 Å². The van der Waals surface area contributed by atoms with Crippen molar-refractivity contribution >= 4 is 23.2 Å². The number of anilines is 1. The molecule has 27 heavy (non-hydrogen) atoms. The lowest BCUT2D eigenvalue weighted by Gasteiger charge is -2.10. The Morgan fingerprint density at radius 3 is 2.52 bits per heavy atom. The molecule has 0 saturated heterocycles. The molecule has 1 aromatic heterocycles. The van der Waals surface area contributed by atoms with Crippen molar-refractivity contribution in [2.24, 2.45) is 0 Å². The fourth-order valence-electron chi connectivity index (χ4n) is 2.49. The van der Waals surface area contributed by atoms with Crippen LogP contribution in [0.5, 0.6) is 11.5 Å². The van der Waals surface area contributed by atoms with Gasteiger partial charge in [0.15, 0.2) is 0 Å². The van der Waals surface area contributed by atoms with E-state index in [4.69, 9.17) is 25.6 Å². The molecule has 8 nitrogen and oxygen atoms in total. The second-order valence-corrected chi connectivity index (χ2v) is 6.03. The third-order valence-electron chi connectivity index (χ3n) is 3.92. The summed E-state index contributed by atoms with van der Waals surface area (Å²) in [6.07, 6.45) is 0. The van der Waals surface area contributed by atoms with Gasteiger partial charge in [0.05, 0.1) is 19.9 Å². The average Bonchev–Trinajstić information content (AvgIpc) is 3.06. The first-order chi connectivity index (χ1) is 12.9. The Labute approximate surface area is 159 Å². The Balaban J connectivity index is 1.98. The maximum absolute atomic E-state index is 12.8. The Bertz CT molecular complexity index is 1040. The summed E-state index contributed by atoms with van der Waals surface area (Å²) >= 11 is 6.08. The van der Waals surface area contributed by atoms with Gasteiger partial charge in [0.1, 0.15) is 11.5 Å². The number of nitrogens with zero attached hydrogens (tertiary/aromatic N) is 1. The molecule has 3 rings (SSSR count). The van der Waals surface area contributed by atoms with Crippen LogP contribution in [0.2, 0.25) is 5.02 Å². The van der Waals surface area contributed by atoms with Gasteiger partial charge < -0.3 is 14.8 Å². The summed E-state index contributed by atoms with van der Waals surface area (Å²) in [4.78, 5) is 24.8. The molecule has 2 aromatic carbocycles. The minimum Gasteiger partial charge on any atom is -0.497 e. The van der Waals surface area contributed by atoms with E-state index in [1.165, 1.54) is 11.8 Å². The zero-order chi connectivity index (χ0) is 19.6. The summed E-state index contributed by atoms with van der Waals surface area (Å²) in [5.74, 6) is 0.341. The van der Waals surface area contributed by atoms with Crippen LogP contribution in [0.3, 0.4) is 0 Å². The van der Waals surface area contributed by atoms with Gasteiger partial charge >= 0.3 is 17.2 Å². The molecular formula is C18H17ClN3O5+. The number of H-pyrrole nitrogens is 1. The number of methoxy groups -OCH3 is 2. The third-order valence-corrected chi connectivity index (χ3v) is 4.33. The number of carbonyl (C=O) groups is 1. The minimum absolute atomic E-state index is 0.227. The van der Waals surface area contributed by atoms with Crippen molar-refractivity contribution in [2.75, 3.05) is 19.5 Å². The molecule has 0 spiro atoms. The minimum atomic E-state index is -0.812. The highest BCUT2D eigenvalue weighted by atomic mass is 35.5. The van der Waals surface area contributed by atoms with E-state index in [0.717, 1.165) is 5.56 Å². The largest absolute Gasteiger partial charge is 0.497 e. The van der Waals surface area contributed by atoms with Crippen LogP contribution in [-0.4, -0.2) is 25.4 Å². The van der Waals surface area contributed by atoms with Gasteiger partial charge in [-0.1, -0.05) is 11.6 Å². The topological polar surface area (TPSA) is 97.4 Å². The predicted octanol–water partition coefficient (Wildman–Crippen LogP) is 2.48. The molecule has 1 amide bonds. The Kier molecular flexibility index (Phi) is 5.18. The van der Waals surface area contributed by atoms with E-state index in [-0.39, 0.29) is 5.69 Å². The number of ether oxygens (including phenoxy) is 2. The quantitative estimate of drug-likeness (QED) is 0.652. The van der Waals surface area contributed by atoms with Gasteiger partial charge in [0.2, 0.25) is 5.69 Å². The highest BCUT2D eigenvalue weighted by Crippen LogP contribution is 2.31. The highest BCUT2D eigenvalue weighted by molar-refractivity contribution is 6.31. The van der Waals surface area contributed by atoms with Crippen LogP contribution in [0, 0.1) is 6.92 Å². The molecule has 0 aliphatic heterocycles. The maximum atomic E-state index is 12.8. The van der Waals surface area contributed by atoms with E-state index in [1.54, 1.807) is 50.4 Å². The van der Waals surface area contributed by atoms with E-state index < -0.39 is 11.5 Å². The average molecular weight is 391 g/mol. The van der Waals surface area contributed by atoms with Crippen LogP contribution >= 0.6 is 11.6 Å². The van der Waals surface area contributed by atoms with Crippen molar-refractivity contribution in [3.05, 3.63) is 63.1 Å². The van der Waals surface area contributed by atoms with Gasteiger partial charge in [0.25, 0.3) is 0 Å². The Morgan fingerprint density at radius 1 is 1.19 bits per heavy atom. The molecule has 9 heteroatoms. The molecule has 140 valence electrons. The summed E-state index contributed by atoms with van der Waals surface area (Å²) in [7, 11) is 3.00. The molecule has 1 heterocycles. The second-order valence-electron chi connectivity index (χ2n) is 5.62. The van der Waals surface area contributed by atoms with Gasteiger partial charge in [-0.25, -0.2) is 4.79 Å². The van der Waals surface area contributed by atoms with E-state index in [0.29, 0.717) is 27.9 Å². The number of hydrogen-bond donors (Lipinski definition) is 2. The smallest absolute Gasteiger partial charge is 0.441 e. The first-order valence-corrected chi connectivity index (χ1v) is 8.26. The molecule has 0 bridgehead atoms. The number of aromatic nitrogens is 2. The van der Waals surface area contributed by atoms with Gasteiger partial charge in [-0.3, -0.25) is 9.32 Å². The third kappa shape index (κ3) is 3.65. The number of aromatic amines is 1. The summed E-state index contributed by atoms with van der Waals surface area (Å²) < 4.78 is 16.4. The summed E-state index contributed by atoms with van der Waals surface area (Å²) in [6, 6.07) is 9.98. The lowest BCUT2D eigenvalue weighted by molar-refractivity contribution is -0.672. The van der Waals surface area contributed by atoms with Gasteiger partial charge in [-0.15, -0.1) is 0 Å². The van der Waals surface area contributed by atoms with Crippen molar-refractivity contribution < 1.29 is 23.5 Å². The molecule has 2 N–H and O–H groups in total. The van der Waals surface area contributed by atoms with Crippen LogP contribution in [-0.2, 0) is 0 Å². The molecule has 0 saturated carbocycles. The van der Waals surface area contributed by atoms with Crippen LogP contribution in [0.1, 0.15) is 16.1 Å². The molecule has 0 aliphatic rings. The van der Waals surface area contributed by atoms with Crippen molar-refractivity contribution in [2.45, 2.75) is 6.92 Å². The number of halogens is 1. The molecular weight excluding hydrogens is 374 g/mol. The Morgan fingerprint density at radius 2 is 1.89 bits per heavy atom. The molecule has 0 aliphatic carbocycles. The molecule has 0 radical (unpaired) electrons. The SMILES string of the molecule is COc1ccc(-[n+]2[nH]oc(=O)c2C(=O)Nc2cc(C)c(Cl)cc2OC)cc1. The zero-order valence-electron chi connectivity index (χ0n) is 14.8. The molecule has 0 unspecified atom stereocenters. The van der Waals surface area contributed by atoms with Crippen LogP contribution < -0.4 is 25.1 Å². The summed E-state index contributed by atoms with van der Waals surface area (Å²) in [5, 5.41) is 5.58. The monoisotopic (exact) mass is 390 g/mol. The number of rotatable bonds is 5. The highest BCUT2D eigenvalue weighted by Gasteiger charge is 2.31. The van der Waals surface area contributed by atoms with Gasteiger partial charge in [-0.05, 0) is 40.6 Å². The Hall–Kier alpha value is -3.26. The second kappa shape index (κ2) is 7.55. The molecule has 3 aromatic rings. The normalized spacial score (nSPS) is 10.5. The van der Waals surface area contributed by atoms with Crippen LogP contribution in [0.25, 0.3) is 5.69 Å². The van der Waals surface area contributed by atoms with E-state index in [1.807, 2.05) is 0 Å². The van der Waals surface area contributed by atoms with Crippen molar-refractivity contribution in [1.82, 2.24) is 5.27 Å². The fourth-order valence-corrected chi connectivity index (χ4v) is 2.64. The number of amides is 1. The summed E-state index contributed by atoms with van der Waals surface area (Å²) in [6.45, 7) is 1.79. The number of aryl methyl sites for hydroxylation is 1. The number of hydrogen-bond acceptors (Lipinski definition) is 5. The maximum Gasteiger partial charge on any atom is 0.441 e.